The highest BCUT2D eigenvalue weighted by Gasteiger charge is 2.20. The molecule has 0 radical (unpaired) electrons. The zero-order valence-electron chi connectivity index (χ0n) is 14.5. The molecule has 5 heteroatoms. The highest BCUT2D eigenvalue weighted by molar-refractivity contribution is 5.97. The Morgan fingerprint density at radius 2 is 1.85 bits per heavy atom. The van der Waals surface area contributed by atoms with E-state index in [0.717, 1.165) is 49.1 Å². The van der Waals surface area contributed by atoms with Crippen LogP contribution < -0.4 is 0 Å². The molecule has 0 bridgehead atoms. The predicted molar refractivity (Wildman–Crippen MR) is 98.4 cm³/mol. The molecule has 0 spiro atoms. The number of benzene rings is 2. The number of rotatable bonds is 3. The van der Waals surface area contributed by atoms with Crippen LogP contribution >= 0.6 is 0 Å². The van der Waals surface area contributed by atoms with Gasteiger partial charge >= 0.3 is 0 Å². The van der Waals surface area contributed by atoms with Gasteiger partial charge in [-0.2, -0.15) is 0 Å². The average molecular weight is 352 g/mol. The maximum absolute atomic E-state index is 13.0. The van der Waals surface area contributed by atoms with Gasteiger partial charge in [-0.25, -0.2) is 4.39 Å². The van der Waals surface area contributed by atoms with Crippen molar-refractivity contribution in [2.75, 3.05) is 26.2 Å². The molecular formula is C21H21FN2O2. The maximum Gasteiger partial charge on any atom is 0.253 e. The molecule has 0 aliphatic carbocycles. The summed E-state index contributed by atoms with van der Waals surface area (Å²) in [5, 5.41) is 0.948. The third-order valence-corrected chi connectivity index (χ3v) is 4.89. The van der Waals surface area contributed by atoms with Gasteiger partial charge in [-0.3, -0.25) is 9.69 Å². The van der Waals surface area contributed by atoms with Crippen molar-refractivity contribution in [2.24, 2.45) is 0 Å². The Kier molecular flexibility index (Phi) is 4.71. The van der Waals surface area contributed by atoms with Crippen LogP contribution in [0.2, 0.25) is 0 Å². The van der Waals surface area contributed by atoms with E-state index in [1.54, 1.807) is 6.26 Å². The van der Waals surface area contributed by atoms with E-state index in [2.05, 4.69) is 4.90 Å². The van der Waals surface area contributed by atoms with Crippen LogP contribution in [-0.2, 0) is 6.54 Å². The SMILES string of the molecule is O=C(c1ccc2occc2c1)N1CCCN(Cc2ccc(F)cc2)CC1. The minimum absolute atomic E-state index is 0.0664. The molecule has 1 aliphatic rings. The van der Waals surface area contributed by atoms with Gasteiger partial charge in [0.05, 0.1) is 6.26 Å². The summed E-state index contributed by atoms with van der Waals surface area (Å²) in [7, 11) is 0. The summed E-state index contributed by atoms with van der Waals surface area (Å²) in [6, 6.07) is 14.1. The lowest BCUT2D eigenvalue weighted by atomic mass is 10.1. The molecule has 2 aromatic carbocycles. The molecule has 0 N–H and O–H groups in total. The highest BCUT2D eigenvalue weighted by atomic mass is 19.1. The maximum atomic E-state index is 13.0. The number of hydrogen-bond donors (Lipinski definition) is 0. The van der Waals surface area contributed by atoms with Crippen molar-refractivity contribution >= 4 is 16.9 Å². The van der Waals surface area contributed by atoms with Crippen molar-refractivity contribution in [3.8, 4) is 0 Å². The molecule has 0 unspecified atom stereocenters. The molecule has 4 rings (SSSR count). The van der Waals surface area contributed by atoms with E-state index in [1.165, 1.54) is 12.1 Å². The Morgan fingerprint density at radius 3 is 2.69 bits per heavy atom. The summed E-state index contributed by atoms with van der Waals surface area (Å²) < 4.78 is 18.4. The summed E-state index contributed by atoms with van der Waals surface area (Å²) in [4.78, 5) is 17.1. The van der Waals surface area contributed by atoms with Crippen molar-refractivity contribution in [3.63, 3.8) is 0 Å². The quantitative estimate of drug-likeness (QED) is 0.717. The van der Waals surface area contributed by atoms with E-state index in [1.807, 2.05) is 41.3 Å². The molecule has 26 heavy (non-hydrogen) atoms. The molecule has 1 saturated heterocycles. The Labute approximate surface area is 151 Å². The molecule has 3 aromatic rings. The summed E-state index contributed by atoms with van der Waals surface area (Å²) in [5.41, 5.74) is 2.59. The number of nitrogens with zero attached hydrogens (tertiary/aromatic N) is 2. The molecule has 2 heterocycles. The fraction of sp³-hybridized carbons (Fsp3) is 0.286. The number of furan rings is 1. The standard InChI is InChI=1S/C21H21FN2O2/c22-19-5-2-16(3-6-19)15-23-9-1-10-24(12-11-23)21(25)18-4-7-20-17(14-18)8-13-26-20/h2-8,13-14H,1,9-12,15H2. The van der Waals surface area contributed by atoms with Crippen LogP contribution in [0.5, 0.6) is 0 Å². The van der Waals surface area contributed by atoms with Gasteiger partial charge in [-0.05, 0) is 48.4 Å². The summed E-state index contributed by atoms with van der Waals surface area (Å²) in [5.74, 6) is -0.146. The first-order valence-corrected chi connectivity index (χ1v) is 8.92. The Hall–Kier alpha value is -2.66. The van der Waals surface area contributed by atoms with Gasteiger partial charge in [-0.1, -0.05) is 12.1 Å². The third-order valence-electron chi connectivity index (χ3n) is 4.89. The van der Waals surface area contributed by atoms with Gasteiger partial charge in [0, 0.05) is 43.7 Å². The van der Waals surface area contributed by atoms with E-state index in [9.17, 15) is 9.18 Å². The van der Waals surface area contributed by atoms with Crippen molar-refractivity contribution in [3.05, 3.63) is 71.7 Å². The van der Waals surface area contributed by atoms with Crippen molar-refractivity contribution in [1.82, 2.24) is 9.80 Å². The Bertz CT molecular complexity index is 904. The number of carbonyl (C=O) groups is 1. The van der Waals surface area contributed by atoms with Gasteiger partial charge in [0.1, 0.15) is 11.4 Å². The van der Waals surface area contributed by atoms with Crippen molar-refractivity contribution < 1.29 is 13.6 Å². The monoisotopic (exact) mass is 352 g/mol. The van der Waals surface area contributed by atoms with Gasteiger partial charge in [0.15, 0.2) is 0 Å². The van der Waals surface area contributed by atoms with Gasteiger partial charge in [0.2, 0.25) is 0 Å². The van der Waals surface area contributed by atoms with E-state index in [4.69, 9.17) is 4.42 Å². The zero-order chi connectivity index (χ0) is 17.9. The third kappa shape index (κ3) is 3.63. The van der Waals surface area contributed by atoms with Crippen LogP contribution in [0.3, 0.4) is 0 Å². The summed E-state index contributed by atoms with van der Waals surface area (Å²) >= 11 is 0. The first kappa shape index (κ1) is 16.8. The van der Waals surface area contributed by atoms with Gasteiger partial charge < -0.3 is 9.32 Å². The van der Waals surface area contributed by atoms with Crippen LogP contribution in [0.4, 0.5) is 4.39 Å². The predicted octanol–water partition coefficient (Wildman–Crippen LogP) is 3.92. The fourth-order valence-corrected chi connectivity index (χ4v) is 3.46. The lowest BCUT2D eigenvalue weighted by Gasteiger charge is -2.22. The van der Waals surface area contributed by atoms with Gasteiger partial charge in [-0.15, -0.1) is 0 Å². The molecule has 1 aliphatic heterocycles. The average Bonchev–Trinajstić information content (AvgIpc) is 3.01. The molecule has 1 amide bonds. The van der Waals surface area contributed by atoms with E-state index in [0.29, 0.717) is 12.1 Å². The minimum Gasteiger partial charge on any atom is -0.464 e. The number of fused-ring (bicyclic) bond motifs is 1. The molecule has 1 fully saturated rings. The van der Waals surface area contributed by atoms with Gasteiger partial charge in [0.25, 0.3) is 5.91 Å². The normalized spacial score (nSPS) is 16.0. The van der Waals surface area contributed by atoms with Crippen LogP contribution in [-0.4, -0.2) is 41.9 Å². The first-order chi connectivity index (χ1) is 12.7. The van der Waals surface area contributed by atoms with Crippen LogP contribution in [0.15, 0.2) is 59.2 Å². The molecular weight excluding hydrogens is 331 g/mol. The second-order valence-corrected chi connectivity index (χ2v) is 6.72. The minimum atomic E-state index is -0.212. The smallest absolute Gasteiger partial charge is 0.253 e. The second kappa shape index (κ2) is 7.30. The van der Waals surface area contributed by atoms with Crippen molar-refractivity contribution in [2.45, 2.75) is 13.0 Å². The molecule has 134 valence electrons. The van der Waals surface area contributed by atoms with Crippen LogP contribution in [0.25, 0.3) is 11.0 Å². The summed E-state index contributed by atoms with van der Waals surface area (Å²) in [6.45, 7) is 3.98. The number of halogens is 1. The molecule has 0 atom stereocenters. The van der Waals surface area contributed by atoms with E-state index >= 15 is 0 Å². The number of carbonyl (C=O) groups excluding carboxylic acids is 1. The van der Waals surface area contributed by atoms with Crippen LogP contribution in [0.1, 0.15) is 22.3 Å². The largest absolute Gasteiger partial charge is 0.464 e. The summed E-state index contributed by atoms with van der Waals surface area (Å²) in [6.07, 6.45) is 2.57. The zero-order valence-corrected chi connectivity index (χ0v) is 14.5. The molecule has 4 nitrogen and oxygen atoms in total. The molecule has 1 aromatic heterocycles. The Balaban J connectivity index is 1.41. The highest BCUT2D eigenvalue weighted by Crippen LogP contribution is 2.19. The number of amides is 1. The lowest BCUT2D eigenvalue weighted by molar-refractivity contribution is 0.0761. The fourth-order valence-electron chi connectivity index (χ4n) is 3.46. The number of hydrogen-bond acceptors (Lipinski definition) is 3. The lowest BCUT2D eigenvalue weighted by Crippen LogP contribution is -2.35. The van der Waals surface area contributed by atoms with Crippen LogP contribution in [0, 0.1) is 5.82 Å². The topological polar surface area (TPSA) is 36.7 Å². The Morgan fingerprint density at radius 1 is 1.00 bits per heavy atom. The van der Waals surface area contributed by atoms with E-state index < -0.39 is 0 Å². The second-order valence-electron chi connectivity index (χ2n) is 6.72. The first-order valence-electron chi connectivity index (χ1n) is 8.92. The van der Waals surface area contributed by atoms with E-state index in [-0.39, 0.29) is 11.7 Å². The van der Waals surface area contributed by atoms with Crippen molar-refractivity contribution in [1.29, 1.82) is 0 Å². The molecule has 0 saturated carbocycles.